The van der Waals surface area contributed by atoms with Crippen LogP contribution in [0.3, 0.4) is 0 Å². The van der Waals surface area contributed by atoms with Crippen LogP contribution in [0.5, 0.6) is 11.5 Å². The summed E-state index contributed by atoms with van der Waals surface area (Å²) in [6.45, 7) is 4.38. The van der Waals surface area contributed by atoms with Crippen molar-refractivity contribution < 1.29 is 27.4 Å². The van der Waals surface area contributed by atoms with Crippen LogP contribution in [-0.2, 0) is 6.54 Å². The van der Waals surface area contributed by atoms with Gasteiger partial charge in [-0.05, 0) is 80.7 Å². The number of aromatic nitrogens is 1. The van der Waals surface area contributed by atoms with E-state index in [0.717, 1.165) is 38.0 Å². The molecule has 1 aromatic heterocycles. The lowest BCUT2D eigenvalue weighted by Crippen LogP contribution is -2.40. The number of hydrogen-bond donors (Lipinski definition) is 1. The summed E-state index contributed by atoms with van der Waals surface area (Å²) in [6.07, 6.45) is 0.650. The molecule has 1 atom stereocenters. The maximum absolute atomic E-state index is 13.2. The summed E-state index contributed by atoms with van der Waals surface area (Å²) in [4.78, 5) is 20.5. The third-order valence-corrected chi connectivity index (χ3v) is 6.53. The summed E-state index contributed by atoms with van der Waals surface area (Å²) < 4.78 is 47.5. The minimum absolute atomic E-state index is 0.0632. The van der Waals surface area contributed by atoms with Gasteiger partial charge in [0.15, 0.2) is 0 Å². The van der Waals surface area contributed by atoms with Crippen LogP contribution in [0.2, 0.25) is 0 Å². The first-order valence-electron chi connectivity index (χ1n) is 12.3. The molecule has 1 N–H and O–H groups in total. The number of likely N-dealkylation sites (tertiary alicyclic amines) is 1. The van der Waals surface area contributed by atoms with Crippen LogP contribution in [-0.4, -0.2) is 59.8 Å². The highest BCUT2D eigenvalue weighted by molar-refractivity contribution is 5.98. The molecular weight excluding hydrogens is 471 g/mol. The normalized spacial score (nSPS) is 15.8. The standard InChI is InChI=1S/C27H32F3N3O3/c1-3-33(26(34)25-15-21-14-23(36-27(29)30)8-9-24(21)31-25)17-20-10-12-32(13-11-20)16-19-4-6-22(7-5-19)35-18(2)28/h4-9,14-15,18,20,27,31H,3,10-13,16-17H2,1-2H3. The van der Waals surface area contributed by atoms with Gasteiger partial charge in [0.1, 0.15) is 17.2 Å². The topological polar surface area (TPSA) is 57.8 Å². The number of nitrogens with one attached hydrogen (secondary N) is 1. The van der Waals surface area contributed by atoms with Crippen molar-refractivity contribution in [1.29, 1.82) is 0 Å². The number of benzene rings is 2. The predicted molar refractivity (Wildman–Crippen MR) is 132 cm³/mol. The van der Waals surface area contributed by atoms with Crippen LogP contribution in [0.25, 0.3) is 10.9 Å². The van der Waals surface area contributed by atoms with E-state index < -0.39 is 13.0 Å². The molecule has 1 amide bonds. The Labute approximate surface area is 209 Å². The van der Waals surface area contributed by atoms with Gasteiger partial charge < -0.3 is 19.4 Å². The minimum atomic E-state index is -2.89. The molecule has 36 heavy (non-hydrogen) atoms. The van der Waals surface area contributed by atoms with Crippen molar-refractivity contribution in [3.8, 4) is 11.5 Å². The lowest BCUT2D eigenvalue weighted by atomic mass is 9.95. The first-order valence-corrected chi connectivity index (χ1v) is 12.3. The Morgan fingerprint density at radius 2 is 1.75 bits per heavy atom. The van der Waals surface area contributed by atoms with Crippen LogP contribution < -0.4 is 9.47 Å². The van der Waals surface area contributed by atoms with Gasteiger partial charge in [-0.15, -0.1) is 0 Å². The summed E-state index contributed by atoms with van der Waals surface area (Å²) in [5.41, 5.74) is 2.29. The second-order valence-corrected chi connectivity index (χ2v) is 9.18. The number of piperidine rings is 1. The van der Waals surface area contributed by atoms with Crippen molar-refractivity contribution in [2.75, 3.05) is 26.2 Å². The zero-order valence-corrected chi connectivity index (χ0v) is 20.6. The Bertz CT molecular complexity index is 1140. The molecule has 0 radical (unpaired) electrons. The molecule has 9 heteroatoms. The largest absolute Gasteiger partial charge is 0.461 e. The fourth-order valence-electron chi connectivity index (χ4n) is 4.69. The van der Waals surface area contributed by atoms with Crippen molar-refractivity contribution in [2.24, 2.45) is 5.92 Å². The molecule has 0 saturated carbocycles. The van der Waals surface area contributed by atoms with Gasteiger partial charge >= 0.3 is 6.61 Å². The van der Waals surface area contributed by atoms with Crippen LogP contribution >= 0.6 is 0 Å². The molecule has 1 fully saturated rings. The number of rotatable bonds is 10. The molecule has 0 spiro atoms. The van der Waals surface area contributed by atoms with Gasteiger partial charge in [0, 0.05) is 37.5 Å². The number of alkyl halides is 3. The fraction of sp³-hybridized carbons (Fsp3) is 0.444. The minimum Gasteiger partial charge on any atom is -0.461 e. The Hall–Kier alpha value is -3.20. The monoisotopic (exact) mass is 503 g/mol. The lowest BCUT2D eigenvalue weighted by Gasteiger charge is -2.34. The van der Waals surface area contributed by atoms with Crippen molar-refractivity contribution >= 4 is 16.8 Å². The molecule has 1 aliphatic heterocycles. The Morgan fingerprint density at radius 1 is 1.06 bits per heavy atom. The van der Waals surface area contributed by atoms with Gasteiger partial charge in [0.2, 0.25) is 6.36 Å². The van der Waals surface area contributed by atoms with E-state index >= 15 is 0 Å². The number of H-pyrrole nitrogens is 1. The molecule has 0 bridgehead atoms. The zero-order chi connectivity index (χ0) is 25.7. The number of carbonyl (C=O) groups is 1. The van der Waals surface area contributed by atoms with E-state index in [2.05, 4.69) is 14.6 Å². The molecular formula is C27H32F3N3O3. The number of hydrogen-bond acceptors (Lipinski definition) is 4. The molecule has 2 aromatic carbocycles. The highest BCUT2D eigenvalue weighted by Crippen LogP contribution is 2.25. The SMILES string of the molecule is CCN(CC1CCN(Cc2ccc(OC(C)F)cc2)CC1)C(=O)c1cc2cc(OC(F)F)ccc2[nH]1. The van der Waals surface area contributed by atoms with Gasteiger partial charge in [-0.2, -0.15) is 8.78 Å². The van der Waals surface area contributed by atoms with Gasteiger partial charge in [0.05, 0.1) is 0 Å². The number of halogens is 3. The molecule has 4 rings (SSSR count). The van der Waals surface area contributed by atoms with Crippen LogP contribution in [0.4, 0.5) is 13.2 Å². The average molecular weight is 504 g/mol. The fourth-order valence-corrected chi connectivity index (χ4v) is 4.69. The molecule has 6 nitrogen and oxygen atoms in total. The van der Waals surface area contributed by atoms with Gasteiger partial charge in [0.25, 0.3) is 5.91 Å². The molecule has 2 heterocycles. The van der Waals surface area contributed by atoms with Gasteiger partial charge in [-0.1, -0.05) is 12.1 Å². The van der Waals surface area contributed by atoms with E-state index in [1.807, 2.05) is 24.0 Å². The van der Waals surface area contributed by atoms with E-state index in [9.17, 15) is 18.0 Å². The Balaban J connectivity index is 1.30. The molecule has 1 aliphatic rings. The number of carbonyl (C=O) groups excluding carboxylic acids is 1. The number of amides is 1. The smallest absolute Gasteiger partial charge is 0.387 e. The third-order valence-electron chi connectivity index (χ3n) is 6.53. The van der Waals surface area contributed by atoms with Crippen molar-refractivity contribution in [1.82, 2.24) is 14.8 Å². The Morgan fingerprint density at radius 3 is 2.39 bits per heavy atom. The third kappa shape index (κ3) is 6.72. The van der Waals surface area contributed by atoms with Crippen LogP contribution in [0, 0.1) is 5.92 Å². The maximum atomic E-state index is 13.2. The molecule has 0 aliphatic carbocycles. The highest BCUT2D eigenvalue weighted by atomic mass is 19.3. The summed E-state index contributed by atoms with van der Waals surface area (Å²) in [7, 11) is 0. The molecule has 194 valence electrons. The number of ether oxygens (including phenoxy) is 2. The van der Waals surface area contributed by atoms with Crippen molar-refractivity contribution in [2.45, 2.75) is 46.2 Å². The van der Waals surface area contributed by atoms with Crippen molar-refractivity contribution in [3.63, 3.8) is 0 Å². The second kappa shape index (κ2) is 11.7. The summed E-state index contributed by atoms with van der Waals surface area (Å²) in [6, 6.07) is 13.8. The highest BCUT2D eigenvalue weighted by Gasteiger charge is 2.24. The lowest BCUT2D eigenvalue weighted by molar-refractivity contribution is -0.0497. The van der Waals surface area contributed by atoms with E-state index in [0.29, 0.717) is 41.4 Å². The summed E-state index contributed by atoms with van der Waals surface area (Å²) in [5.74, 6) is 0.890. The molecule has 1 unspecified atom stereocenters. The van der Waals surface area contributed by atoms with Crippen molar-refractivity contribution in [3.05, 3.63) is 59.8 Å². The van der Waals surface area contributed by atoms with Gasteiger partial charge in [-0.25, -0.2) is 4.39 Å². The van der Waals surface area contributed by atoms with Gasteiger partial charge in [-0.3, -0.25) is 9.69 Å². The van der Waals surface area contributed by atoms with E-state index in [1.165, 1.54) is 19.1 Å². The Kier molecular flexibility index (Phi) is 8.40. The van der Waals surface area contributed by atoms with E-state index in [1.54, 1.807) is 24.3 Å². The number of aromatic amines is 1. The number of nitrogens with zero attached hydrogens (tertiary/aromatic N) is 2. The molecule has 1 saturated heterocycles. The van der Waals surface area contributed by atoms with E-state index in [-0.39, 0.29) is 11.7 Å². The summed E-state index contributed by atoms with van der Waals surface area (Å²) in [5, 5.41) is 0.652. The molecule has 3 aromatic rings. The predicted octanol–water partition coefficient (Wildman–Crippen LogP) is 5.84. The average Bonchev–Trinajstić information content (AvgIpc) is 3.27. The second-order valence-electron chi connectivity index (χ2n) is 9.18. The first kappa shape index (κ1) is 25.9. The summed E-state index contributed by atoms with van der Waals surface area (Å²) >= 11 is 0. The maximum Gasteiger partial charge on any atom is 0.387 e. The zero-order valence-electron chi connectivity index (χ0n) is 20.6. The van der Waals surface area contributed by atoms with E-state index in [4.69, 9.17) is 4.74 Å². The first-order chi connectivity index (χ1) is 17.3. The van der Waals surface area contributed by atoms with Crippen LogP contribution in [0.15, 0.2) is 48.5 Å². The quantitative estimate of drug-likeness (QED) is 0.378. The van der Waals surface area contributed by atoms with Crippen LogP contribution in [0.1, 0.15) is 42.7 Å². The number of fused-ring (bicyclic) bond motifs is 1.